The standard InChI is InChI=1S/C23H28N4O2/c1-16-20(21-14-19(29-3)8-9-22(21)24-16)15-23(28)25-17-4-6-18(7-5-17)27-12-10-26(2)11-13-27/h4-9,14,24H,10-13,15H2,1-3H3,(H,25,28). The summed E-state index contributed by atoms with van der Waals surface area (Å²) in [7, 11) is 3.81. The van der Waals surface area contributed by atoms with Crippen molar-refractivity contribution in [2.24, 2.45) is 0 Å². The van der Waals surface area contributed by atoms with Gasteiger partial charge in [0.15, 0.2) is 0 Å². The van der Waals surface area contributed by atoms with Crippen LogP contribution in [0.2, 0.25) is 0 Å². The second-order valence-electron chi connectivity index (χ2n) is 7.70. The number of aromatic amines is 1. The van der Waals surface area contributed by atoms with Crippen LogP contribution in [0, 0.1) is 6.92 Å². The summed E-state index contributed by atoms with van der Waals surface area (Å²) in [4.78, 5) is 20.8. The highest BCUT2D eigenvalue weighted by atomic mass is 16.5. The number of benzene rings is 2. The number of nitrogens with zero attached hydrogens (tertiary/aromatic N) is 2. The van der Waals surface area contributed by atoms with Crippen LogP contribution in [0.1, 0.15) is 11.3 Å². The van der Waals surface area contributed by atoms with Crippen LogP contribution < -0.4 is 15.0 Å². The van der Waals surface area contributed by atoms with Gasteiger partial charge in [0, 0.05) is 54.2 Å². The fraction of sp³-hybridized carbons (Fsp3) is 0.348. The van der Waals surface area contributed by atoms with E-state index in [1.165, 1.54) is 5.69 Å². The van der Waals surface area contributed by atoms with Crippen molar-refractivity contribution in [1.29, 1.82) is 0 Å². The summed E-state index contributed by atoms with van der Waals surface area (Å²) >= 11 is 0. The van der Waals surface area contributed by atoms with Crippen molar-refractivity contribution in [2.45, 2.75) is 13.3 Å². The molecule has 0 bridgehead atoms. The molecule has 0 aliphatic carbocycles. The first kappa shape index (κ1) is 19.3. The largest absolute Gasteiger partial charge is 0.497 e. The molecule has 0 atom stereocenters. The first-order valence-corrected chi connectivity index (χ1v) is 10.0. The summed E-state index contributed by atoms with van der Waals surface area (Å²) in [5.41, 5.74) is 5.06. The molecule has 2 aromatic carbocycles. The highest BCUT2D eigenvalue weighted by Gasteiger charge is 2.15. The number of ether oxygens (including phenoxy) is 1. The van der Waals surface area contributed by atoms with E-state index < -0.39 is 0 Å². The van der Waals surface area contributed by atoms with Gasteiger partial charge in [0.05, 0.1) is 13.5 Å². The topological polar surface area (TPSA) is 60.6 Å². The monoisotopic (exact) mass is 392 g/mol. The minimum Gasteiger partial charge on any atom is -0.497 e. The minimum absolute atomic E-state index is 0.0239. The molecule has 1 fully saturated rings. The molecule has 0 radical (unpaired) electrons. The average molecular weight is 393 g/mol. The molecule has 4 rings (SSSR count). The number of likely N-dealkylation sites (N-methyl/N-ethyl adjacent to an activating group) is 1. The van der Waals surface area contributed by atoms with E-state index in [0.29, 0.717) is 6.42 Å². The normalized spacial score (nSPS) is 14.9. The Morgan fingerprint density at radius 3 is 2.52 bits per heavy atom. The van der Waals surface area contributed by atoms with Crippen LogP contribution in [0.3, 0.4) is 0 Å². The van der Waals surface area contributed by atoms with Gasteiger partial charge in [-0.1, -0.05) is 0 Å². The summed E-state index contributed by atoms with van der Waals surface area (Å²) in [6, 6.07) is 14.0. The molecule has 6 nitrogen and oxygen atoms in total. The number of piperazine rings is 1. The van der Waals surface area contributed by atoms with Crippen molar-refractivity contribution >= 4 is 28.2 Å². The highest BCUT2D eigenvalue weighted by Crippen LogP contribution is 2.27. The van der Waals surface area contributed by atoms with Gasteiger partial charge in [0.2, 0.25) is 5.91 Å². The number of anilines is 2. The van der Waals surface area contributed by atoms with Crippen molar-refractivity contribution in [1.82, 2.24) is 9.88 Å². The van der Waals surface area contributed by atoms with Crippen molar-refractivity contribution < 1.29 is 9.53 Å². The Hall–Kier alpha value is -2.99. The Kier molecular flexibility index (Phi) is 5.45. The Balaban J connectivity index is 1.43. The van der Waals surface area contributed by atoms with Crippen LogP contribution in [-0.4, -0.2) is 56.1 Å². The van der Waals surface area contributed by atoms with Gasteiger partial charge in [-0.2, -0.15) is 0 Å². The summed E-state index contributed by atoms with van der Waals surface area (Å²) in [6.07, 6.45) is 0.319. The van der Waals surface area contributed by atoms with Crippen LogP contribution in [0.15, 0.2) is 42.5 Å². The molecule has 6 heteroatoms. The van der Waals surface area contributed by atoms with Gasteiger partial charge in [0.25, 0.3) is 0 Å². The minimum atomic E-state index is -0.0239. The van der Waals surface area contributed by atoms with Crippen LogP contribution in [0.25, 0.3) is 10.9 Å². The Bertz CT molecular complexity index is 1000. The molecule has 2 heterocycles. The fourth-order valence-corrected chi connectivity index (χ4v) is 3.90. The third kappa shape index (κ3) is 4.22. The maximum atomic E-state index is 12.7. The molecule has 1 aromatic heterocycles. The van der Waals surface area contributed by atoms with Crippen molar-refractivity contribution in [3.63, 3.8) is 0 Å². The lowest BCUT2D eigenvalue weighted by atomic mass is 10.1. The van der Waals surface area contributed by atoms with Gasteiger partial charge in [0.1, 0.15) is 5.75 Å². The molecule has 29 heavy (non-hydrogen) atoms. The molecule has 0 spiro atoms. The van der Waals surface area contributed by atoms with Crippen LogP contribution >= 0.6 is 0 Å². The quantitative estimate of drug-likeness (QED) is 0.699. The molecule has 1 aliphatic heterocycles. The number of aryl methyl sites for hydroxylation is 1. The number of rotatable bonds is 5. The number of hydrogen-bond donors (Lipinski definition) is 2. The summed E-state index contributed by atoms with van der Waals surface area (Å²) in [5.74, 6) is 0.766. The zero-order valence-electron chi connectivity index (χ0n) is 17.3. The highest BCUT2D eigenvalue weighted by molar-refractivity contribution is 5.96. The van der Waals surface area contributed by atoms with Gasteiger partial charge >= 0.3 is 0 Å². The zero-order chi connectivity index (χ0) is 20.4. The fourth-order valence-electron chi connectivity index (χ4n) is 3.90. The lowest BCUT2D eigenvalue weighted by molar-refractivity contribution is -0.115. The summed E-state index contributed by atoms with van der Waals surface area (Å²) in [6.45, 7) is 6.22. The molecular weight excluding hydrogens is 364 g/mol. The number of carbonyl (C=O) groups is 1. The predicted octanol–water partition coefficient (Wildman–Crippen LogP) is 3.42. The number of carbonyl (C=O) groups excluding carboxylic acids is 1. The molecule has 0 saturated carbocycles. The maximum absolute atomic E-state index is 12.7. The number of hydrogen-bond acceptors (Lipinski definition) is 4. The van der Waals surface area contributed by atoms with Crippen molar-refractivity contribution in [3.05, 3.63) is 53.7 Å². The van der Waals surface area contributed by atoms with Gasteiger partial charge in [-0.15, -0.1) is 0 Å². The van der Waals surface area contributed by atoms with E-state index in [1.807, 2.05) is 37.3 Å². The third-order valence-electron chi connectivity index (χ3n) is 5.68. The number of methoxy groups -OCH3 is 1. The molecular formula is C23H28N4O2. The van der Waals surface area contributed by atoms with E-state index in [1.54, 1.807) is 7.11 Å². The number of amides is 1. The maximum Gasteiger partial charge on any atom is 0.228 e. The predicted molar refractivity (Wildman–Crippen MR) is 118 cm³/mol. The molecule has 2 N–H and O–H groups in total. The Morgan fingerprint density at radius 2 is 1.83 bits per heavy atom. The Morgan fingerprint density at radius 1 is 1.10 bits per heavy atom. The molecule has 3 aromatic rings. The second kappa shape index (κ2) is 8.17. The molecule has 152 valence electrons. The van der Waals surface area contributed by atoms with Gasteiger partial charge in [-0.3, -0.25) is 4.79 Å². The van der Waals surface area contributed by atoms with Crippen LogP contribution in [0.5, 0.6) is 5.75 Å². The van der Waals surface area contributed by atoms with Crippen molar-refractivity contribution in [2.75, 3.05) is 50.6 Å². The van der Waals surface area contributed by atoms with Crippen LogP contribution in [-0.2, 0) is 11.2 Å². The van der Waals surface area contributed by atoms with E-state index >= 15 is 0 Å². The zero-order valence-corrected chi connectivity index (χ0v) is 17.3. The average Bonchev–Trinajstić information content (AvgIpc) is 3.03. The van der Waals surface area contributed by atoms with Crippen molar-refractivity contribution in [3.8, 4) is 5.75 Å². The van der Waals surface area contributed by atoms with Gasteiger partial charge in [-0.25, -0.2) is 0 Å². The lowest BCUT2D eigenvalue weighted by Crippen LogP contribution is -2.44. The van der Waals surface area contributed by atoms with E-state index in [9.17, 15) is 4.79 Å². The van der Waals surface area contributed by atoms with Gasteiger partial charge < -0.3 is 24.8 Å². The Labute approximate surface area is 171 Å². The number of fused-ring (bicyclic) bond motifs is 1. The number of H-pyrrole nitrogens is 1. The molecule has 1 aliphatic rings. The summed E-state index contributed by atoms with van der Waals surface area (Å²) in [5, 5.41) is 4.06. The van der Waals surface area contributed by atoms with E-state index in [-0.39, 0.29) is 5.91 Å². The lowest BCUT2D eigenvalue weighted by Gasteiger charge is -2.34. The van der Waals surface area contributed by atoms with Crippen LogP contribution in [0.4, 0.5) is 11.4 Å². The second-order valence-corrected chi connectivity index (χ2v) is 7.70. The summed E-state index contributed by atoms with van der Waals surface area (Å²) < 4.78 is 5.33. The number of nitrogens with one attached hydrogen (secondary N) is 2. The molecule has 0 unspecified atom stereocenters. The van der Waals surface area contributed by atoms with E-state index in [0.717, 1.165) is 59.8 Å². The van der Waals surface area contributed by atoms with E-state index in [4.69, 9.17) is 4.74 Å². The smallest absolute Gasteiger partial charge is 0.228 e. The molecule has 1 saturated heterocycles. The molecule has 1 amide bonds. The first-order valence-electron chi connectivity index (χ1n) is 10.0. The van der Waals surface area contributed by atoms with Gasteiger partial charge in [-0.05, 0) is 62.0 Å². The van der Waals surface area contributed by atoms with E-state index in [2.05, 4.69) is 39.3 Å². The third-order valence-corrected chi connectivity index (χ3v) is 5.68. The SMILES string of the molecule is COc1ccc2[nH]c(C)c(CC(=O)Nc3ccc(N4CCN(C)CC4)cc3)c2c1. The first-order chi connectivity index (χ1) is 14.0. The number of aromatic nitrogens is 1.